The van der Waals surface area contributed by atoms with Crippen LogP contribution in [0, 0.1) is 0 Å². The van der Waals surface area contributed by atoms with Crippen molar-refractivity contribution in [1.82, 2.24) is 0 Å². The summed E-state index contributed by atoms with van der Waals surface area (Å²) >= 11 is 0. The maximum Gasteiger partial charge on any atom is 0.307 e. The molecule has 3 N–H and O–H groups in total. The van der Waals surface area contributed by atoms with Gasteiger partial charge in [-0.25, -0.2) is 0 Å². The van der Waals surface area contributed by atoms with Crippen LogP contribution in [0.25, 0.3) is 0 Å². The molecule has 0 unspecified atom stereocenters. The van der Waals surface area contributed by atoms with E-state index in [2.05, 4.69) is 0 Å². The predicted molar refractivity (Wildman–Crippen MR) is 58.4 cm³/mol. The van der Waals surface area contributed by atoms with Crippen molar-refractivity contribution >= 4 is 24.2 Å². The molecule has 4 nitrogen and oxygen atoms in total. The first-order valence-corrected chi connectivity index (χ1v) is 4.17. The molecule has 0 heterocycles. The summed E-state index contributed by atoms with van der Waals surface area (Å²) in [5, 5.41) is 8.50. The normalized spacial score (nSPS) is 9.13. The highest BCUT2D eigenvalue weighted by molar-refractivity contribution is 5.97. The number of nitrogens with two attached hydrogens (primary N) is 1. The number of Topliss-reactive ketones (excluding diaryl/α,β-unsaturated/α-hetero) is 1. The van der Waals surface area contributed by atoms with Crippen LogP contribution in [0.1, 0.15) is 15.9 Å². The maximum absolute atomic E-state index is 11.1. The molecule has 0 saturated heterocycles. The number of benzene rings is 1. The molecule has 82 valence electrons. The minimum absolute atomic E-state index is 0. The molecule has 0 aliphatic rings. The number of hydrogen-bond acceptors (Lipinski definition) is 3. The fourth-order valence-electron chi connectivity index (χ4n) is 1.10. The average Bonchev–Trinajstić information content (AvgIpc) is 2.17. The fourth-order valence-corrected chi connectivity index (χ4v) is 1.10. The molecule has 0 atom stereocenters. The van der Waals surface area contributed by atoms with E-state index in [-0.39, 0.29) is 31.2 Å². The second kappa shape index (κ2) is 6.16. The Morgan fingerprint density at radius 2 is 1.73 bits per heavy atom. The van der Waals surface area contributed by atoms with Crippen LogP contribution in [0.2, 0.25) is 0 Å². The lowest BCUT2D eigenvalue weighted by Crippen LogP contribution is -2.13. The quantitative estimate of drug-likeness (QED) is 0.751. The highest BCUT2D eigenvalue weighted by Gasteiger charge is 2.04. The number of carboxylic acid groups (broad SMARTS) is 1. The van der Waals surface area contributed by atoms with E-state index in [1.54, 1.807) is 24.3 Å². The van der Waals surface area contributed by atoms with Crippen molar-refractivity contribution in [2.45, 2.75) is 6.42 Å². The van der Waals surface area contributed by atoms with E-state index >= 15 is 0 Å². The summed E-state index contributed by atoms with van der Waals surface area (Å²) in [5.41, 5.74) is 6.37. The van der Waals surface area contributed by atoms with Crippen molar-refractivity contribution in [2.75, 3.05) is 6.54 Å². The molecule has 0 aromatic heterocycles. The molecule has 1 rings (SSSR count). The van der Waals surface area contributed by atoms with Gasteiger partial charge in [0.05, 0.1) is 13.0 Å². The number of ketones is 1. The van der Waals surface area contributed by atoms with Crippen LogP contribution in [0.15, 0.2) is 24.3 Å². The molecule has 15 heavy (non-hydrogen) atoms. The van der Waals surface area contributed by atoms with E-state index in [4.69, 9.17) is 10.8 Å². The third-order valence-electron chi connectivity index (χ3n) is 1.82. The summed E-state index contributed by atoms with van der Waals surface area (Å²) in [4.78, 5) is 21.5. The number of carbonyl (C=O) groups excluding carboxylic acids is 1. The van der Waals surface area contributed by atoms with Gasteiger partial charge in [0, 0.05) is 5.56 Å². The van der Waals surface area contributed by atoms with Crippen LogP contribution in [0.3, 0.4) is 0 Å². The first-order chi connectivity index (χ1) is 6.63. The number of aliphatic carboxylic acids is 1. The Bertz CT molecular complexity index is 348. The lowest BCUT2D eigenvalue weighted by molar-refractivity contribution is -0.136. The maximum atomic E-state index is 11.1. The molecule has 0 spiro atoms. The molecular weight excluding hydrogens is 218 g/mol. The summed E-state index contributed by atoms with van der Waals surface area (Å²) in [6.45, 7) is -0.0295. The van der Waals surface area contributed by atoms with E-state index in [1.165, 1.54) is 0 Å². The largest absolute Gasteiger partial charge is 0.481 e. The Morgan fingerprint density at radius 1 is 1.20 bits per heavy atom. The third-order valence-corrected chi connectivity index (χ3v) is 1.82. The molecule has 5 heteroatoms. The van der Waals surface area contributed by atoms with Crippen molar-refractivity contribution in [3.63, 3.8) is 0 Å². The van der Waals surface area contributed by atoms with E-state index in [9.17, 15) is 9.59 Å². The zero-order valence-electron chi connectivity index (χ0n) is 7.97. The summed E-state index contributed by atoms with van der Waals surface area (Å²) in [6.07, 6.45) is -0.0307. The third kappa shape index (κ3) is 4.10. The average molecular weight is 230 g/mol. The minimum Gasteiger partial charge on any atom is -0.481 e. The van der Waals surface area contributed by atoms with Gasteiger partial charge in [-0.1, -0.05) is 24.3 Å². The second-order valence-corrected chi connectivity index (χ2v) is 2.89. The molecule has 0 aliphatic carbocycles. The van der Waals surface area contributed by atoms with Gasteiger partial charge in [0.15, 0.2) is 5.78 Å². The number of hydrogen-bond donors (Lipinski definition) is 2. The Balaban J connectivity index is 0.00000196. The Labute approximate surface area is 93.5 Å². The van der Waals surface area contributed by atoms with Gasteiger partial charge in [0.2, 0.25) is 0 Å². The molecule has 0 saturated carbocycles. The summed E-state index contributed by atoms with van der Waals surface area (Å²) in [5.74, 6) is -1.03. The molecule has 1 aromatic rings. The van der Waals surface area contributed by atoms with Crippen molar-refractivity contribution in [3.05, 3.63) is 35.4 Å². The summed E-state index contributed by atoms with van der Waals surface area (Å²) < 4.78 is 0. The molecule has 0 radical (unpaired) electrons. The Morgan fingerprint density at radius 3 is 2.13 bits per heavy atom. The van der Waals surface area contributed by atoms with Gasteiger partial charge in [0.25, 0.3) is 0 Å². The molecule has 0 amide bonds. The van der Waals surface area contributed by atoms with Gasteiger partial charge in [-0.05, 0) is 5.56 Å². The molecular formula is C10H12ClNO3. The van der Waals surface area contributed by atoms with Gasteiger partial charge in [-0.15, -0.1) is 12.4 Å². The summed E-state index contributed by atoms with van der Waals surface area (Å²) in [7, 11) is 0. The zero-order valence-corrected chi connectivity index (χ0v) is 8.79. The van der Waals surface area contributed by atoms with E-state index in [0.29, 0.717) is 11.1 Å². The van der Waals surface area contributed by atoms with Crippen LogP contribution < -0.4 is 5.73 Å². The Hall–Kier alpha value is -1.39. The van der Waals surface area contributed by atoms with Crippen molar-refractivity contribution in [1.29, 1.82) is 0 Å². The molecule has 0 aliphatic heterocycles. The van der Waals surface area contributed by atoms with Crippen molar-refractivity contribution in [2.24, 2.45) is 5.73 Å². The van der Waals surface area contributed by atoms with Gasteiger partial charge in [-0.2, -0.15) is 0 Å². The summed E-state index contributed by atoms with van der Waals surface area (Å²) in [6, 6.07) is 6.43. The zero-order chi connectivity index (χ0) is 10.6. The van der Waals surface area contributed by atoms with Crippen LogP contribution in [0.5, 0.6) is 0 Å². The van der Waals surface area contributed by atoms with E-state index < -0.39 is 5.97 Å². The van der Waals surface area contributed by atoms with Crippen LogP contribution >= 0.6 is 12.4 Å². The SMILES string of the molecule is Cl.NCC(=O)c1ccc(CC(=O)O)cc1. The highest BCUT2D eigenvalue weighted by Crippen LogP contribution is 2.05. The molecule has 1 aromatic carbocycles. The standard InChI is InChI=1S/C10H11NO3.ClH/c11-6-9(12)8-3-1-7(2-4-8)5-10(13)14;/h1-4H,5-6,11H2,(H,13,14);1H. The van der Waals surface area contributed by atoms with Gasteiger partial charge >= 0.3 is 5.97 Å². The predicted octanol–water partition coefficient (Wildman–Crippen LogP) is 0.877. The molecule has 0 fully saturated rings. The number of carbonyl (C=O) groups is 2. The van der Waals surface area contributed by atoms with E-state index in [0.717, 1.165) is 0 Å². The number of carboxylic acids is 1. The fraction of sp³-hybridized carbons (Fsp3) is 0.200. The van der Waals surface area contributed by atoms with E-state index in [1.807, 2.05) is 0 Å². The minimum atomic E-state index is -0.886. The molecule has 0 bridgehead atoms. The van der Waals surface area contributed by atoms with Gasteiger partial charge < -0.3 is 10.8 Å². The van der Waals surface area contributed by atoms with Crippen molar-refractivity contribution in [3.8, 4) is 0 Å². The lowest BCUT2D eigenvalue weighted by atomic mass is 10.1. The smallest absolute Gasteiger partial charge is 0.307 e. The van der Waals surface area contributed by atoms with Crippen molar-refractivity contribution < 1.29 is 14.7 Å². The second-order valence-electron chi connectivity index (χ2n) is 2.89. The first kappa shape index (κ1) is 13.6. The highest BCUT2D eigenvalue weighted by atomic mass is 35.5. The first-order valence-electron chi connectivity index (χ1n) is 4.17. The topological polar surface area (TPSA) is 80.4 Å². The van der Waals surface area contributed by atoms with Crippen LogP contribution in [-0.2, 0) is 11.2 Å². The van der Waals surface area contributed by atoms with Crippen LogP contribution in [0.4, 0.5) is 0 Å². The number of rotatable bonds is 4. The van der Waals surface area contributed by atoms with Gasteiger partial charge in [0.1, 0.15) is 0 Å². The number of halogens is 1. The Kier molecular flexibility index (Phi) is 5.59. The van der Waals surface area contributed by atoms with Gasteiger partial charge in [-0.3, -0.25) is 9.59 Å². The lowest BCUT2D eigenvalue weighted by Gasteiger charge is -1.99. The van der Waals surface area contributed by atoms with Crippen LogP contribution in [-0.4, -0.2) is 23.4 Å². The monoisotopic (exact) mass is 229 g/mol.